The first-order valence-corrected chi connectivity index (χ1v) is 5.28. The summed E-state index contributed by atoms with van der Waals surface area (Å²) in [6.07, 6.45) is 0. The quantitative estimate of drug-likeness (QED) is 0.708. The Morgan fingerprint density at radius 1 is 1.33 bits per heavy atom. The van der Waals surface area contributed by atoms with Crippen LogP contribution in [0.25, 0.3) is 10.9 Å². The molecule has 0 atom stereocenters. The lowest BCUT2D eigenvalue weighted by Crippen LogP contribution is -1.93. The van der Waals surface area contributed by atoms with E-state index in [1.54, 1.807) is 6.92 Å². The maximum absolute atomic E-state index is 13.4. The molecule has 15 heavy (non-hydrogen) atoms. The summed E-state index contributed by atoms with van der Waals surface area (Å²) in [6, 6.07) is 2.49. The minimum absolute atomic E-state index is 0.0104. The summed E-state index contributed by atoms with van der Waals surface area (Å²) in [6.45, 7) is 1.64. The van der Waals surface area contributed by atoms with E-state index in [-0.39, 0.29) is 5.52 Å². The van der Waals surface area contributed by atoms with Crippen LogP contribution in [0.3, 0.4) is 0 Å². The molecule has 1 heterocycles. The van der Waals surface area contributed by atoms with Crippen molar-refractivity contribution in [1.82, 2.24) is 4.98 Å². The van der Waals surface area contributed by atoms with E-state index < -0.39 is 11.6 Å². The number of fused-ring (bicyclic) bond motifs is 1. The van der Waals surface area contributed by atoms with E-state index in [1.165, 1.54) is 6.07 Å². The van der Waals surface area contributed by atoms with Crippen LogP contribution in [0.15, 0.2) is 16.6 Å². The molecular formula is C10H5BrClF2N. The van der Waals surface area contributed by atoms with Gasteiger partial charge in [-0.2, -0.15) is 0 Å². The average molecular weight is 293 g/mol. The second-order valence-corrected chi connectivity index (χ2v) is 4.25. The molecule has 1 nitrogen and oxygen atoms in total. The molecule has 2 aromatic rings. The molecule has 0 N–H and O–H groups in total. The largest absolute Gasteiger partial charge is 0.248 e. The van der Waals surface area contributed by atoms with Crippen LogP contribution in [0.4, 0.5) is 8.78 Å². The molecule has 0 bridgehead atoms. The zero-order valence-corrected chi connectivity index (χ0v) is 9.96. The Hall–Kier alpha value is -0.740. The van der Waals surface area contributed by atoms with Crippen molar-refractivity contribution in [3.05, 3.63) is 39.0 Å². The van der Waals surface area contributed by atoms with Crippen LogP contribution in [0, 0.1) is 18.6 Å². The number of benzene rings is 1. The second-order valence-electron chi connectivity index (χ2n) is 3.08. The summed E-state index contributed by atoms with van der Waals surface area (Å²) >= 11 is 9.15. The molecule has 0 saturated heterocycles. The topological polar surface area (TPSA) is 12.9 Å². The lowest BCUT2D eigenvalue weighted by atomic mass is 10.2. The van der Waals surface area contributed by atoms with Gasteiger partial charge in [-0.1, -0.05) is 11.6 Å². The van der Waals surface area contributed by atoms with Crippen molar-refractivity contribution < 1.29 is 8.78 Å². The summed E-state index contributed by atoms with van der Waals surface area (Å²) in [5, 5.41) is 0.873. The van der Waals surface area contributed by atoms with Crippen molar-refractivity contribution in [2.24, 2.45) is 0 Å². The Bertz CT molecular complexity index is 557. The molecule has 0 amide bonds. The maximum Gasteiger partial charge on any atom is 0.185 e. The summed E-state index contributed by atoms with van der Waals surface area (Å²) in [4.78, 5) is 3.92. The molecule has 0 spiro atoms. The molecule has 0 aliphatic rings. The normalized spacial score (nSPS) is 11.0. The number of halogens is 4. The summed E-state index contributed by atoms with van der Waals surface area (Å²) in [5.41, 5.74) is 0.448. The highest BCUT2D eigenvalue weighted by Gasteiger charge is 2.14. The minimum Gasteiger partial charge on any atom is -0.248 e. The van der Waals surface area contributed by atoms with Gasteiger partial charge in [0.2, 0.25) is 0 Å². The van der Waals surface area contributed by atoms with Crippen molar-refractivity contribution in [3.8, 4) is 0 Å². The van der Waals surface area contributed by atoms with E-state index in [9.17, 15) is 8.78 Å². The molecule has 0 aliphatic carbocycles. The zero-order valence-electron chi connectivity index (χ0n) is 7.61. The van der Waals surface area contributed by atoms with Crippen LogP contribution in [-0.2, 0) is 0 Å². The van der Waals surface area contributed by atoms with Gasteiger partial charge in [0, 0.05) is 9.86 Å². The smallest absolute Gasteiger partial charge is 0.185 e. The lowest BCUT2D eigenvalue weighted by Gasteiger charge is -2.06. The van der Waals surface area contributed by atoms with Crippen molar-refractivity contribution in [2.45, 2.75) is 6.92 Å². The van der Waals surface area contributed by atoms with Crippen LogP contribution in [0.2, 0.25) is 5.02 Å². The van der Waals surface area contributed by atoms with Crippen LogP contribution >= 0.6 is 27.5 Å². The van der Waals surface area contributed by atoms with E-state index >= 15 is 0 Å². The Kier molecular flexibility index (Phi) is 2.64. The second kappa shape index (κ2) is 3.68. The minimum atomic E-state index is -0.951. The van der Waals surface area contributed by atoms with E-state index in [2.05, 4.69) is 20.9 Å². The van der Waals surface area contributed by atoms with Gasteiger partial charge < -0.3 is 0 Å². The average Bonchev–Trinajstić information content (AvgIpc) is 2.21. The number of hydrogen-bond acceptors (Lipinski definition) is 1. The number of pyridine rings is 1. The Morgan fingerprint density at radius 3 is 2.67 bits per heavy atom. The molecule has 1 aromatic carbocycles. The van der Waals surface area contributed by atoms with Gasteiger partial charge in [0.1, 0.15) is 5.52 Å². The van der Waals surface area contributed by atoms with Crippen molar-refractivity contribution >= 4 is 38.4 Å². The first-order chi connectivity index (χ1) is 7.02. The fraction of sp³-hybridized carbons (Fsp3) is 0.100. The highest BCUT2D eigenvalue weighted by Crippen LogP contribution is 2.33. The molecule has 0 saturated carbocycles. The standard InChI is InChI=1S/C10H5BrClF2N/c1-4-8(12)7(11)5-2-3-6(13)9(14)10(5)15-4/h2-3H,1H3. The lowest BCUT2D eigenvalue weighted by molar-refractivity contribution is 0.515. The van der Waals surface area contributed by atoms with Crippen molar-refractivity contribution in [2.75, 3.05) is 0 Å². The van der Waals surface area contributed by atoms with E-state index in [4.69, 9.17) is 11.6 Å². The Morgan fingerprint density at radius 2 is 2.00 bits per heavy atom. The third kappa shape index (κ3) is 1.62. The predicted molar refractivity (Wildman–Crippen MR) is 59.1 cm³/mol. The number of nitrogens with zero attached hydrogens (tertiary/aromatic N) is 1. The van der Waals surface area contributed by atoms with Crippen molar-refractivity contribution in [3.63, 3.8) is 0 Å². The van der Waals surface area contributed by atoms with Crippen molar-refractivity contribution in [1.29, 1.82) is 0 Å². The first-order valence-electron chi connectivity index (χ1n) is 4.11. The monoisotopic (exact) mass is 291 g/mol. The van der Waals surface area contributed by atoms with Gasteiger partial charge in [0.15, 0.2) is 11.6 Å². The zero-order chi connectivity index (χ0) is 11.2. The highest BCUT2D eigenvalue weighted by molar-refractivity contribution is 9.10. The third-order valence-corrected chi connectivity index (χ3v) is 3.61. The molecule has 78 valence electrons. The van der Waals surface area contributed by atoms with E-state index in [1.807, 2.05) is 0 Å². The van der Waals surface area contributed by atoms with Gasteiger partial charge >= 0.3 is 0 Å². The predicted octanol–water partition coefficient (Wildman–Crippen LogP) is 4.24. The molecule has 1 aromatic heterocycles. The Balaban J connectivity index is 2.98. The van der Waals surface area contributed by atoms with Crippen LogP contribution < -0.4 is 0 Å². The molecular weight excluding hydrogens is 287 g/mol. The third-order valence-electron chi connectivity index (χ3n) is 2.10. The summed E-state index contributed by atoms with van der Waals surface area (Å²) < 4.78 is 26.9. The number of aromatic nitrogens is 1. The first kappa shape index (κ1) is 10.8. The number of aryl methyl sites for hydroxylation is 1. The van der Waals surface area contributed by atoms with E-state index in [0.29, 0.717) is 20.6 Å². The SMILES string of the molecule is Cc1nc2c(F)c(F)ccc2c(Br)c1Cl. The van der Waals surface area contributed by atoms with Crippen LogP contribution in [0.1, 0.15) is 5.69 Å². The molecule has 2 rings (SSSR count). The fourth-order valence-corrected chi connectivity index (χ4v) is 2.07. The fourth-order valence-electron chi connectivity index (χ4n) is 1.32. The highest BCUT2D eigenvalue weighted by atomic mass is 79.9. The van der Waals surface area contributed by atoms with E-state index in [0.717, 1.165) is 6.07 Å². The molecule has 0 unspecified atom stereocenters. The van der Waals surface area contributed by atoms with Gasteiger partial charge in [-0.3, -0.25) is 0 Å². The van der Waals surface area contributed by atoms with Gasteiger partial charge in [0.05, 0.1) is 10.7 Å². The number of rotatable bonds is 0. The van der Waals surface area contributed by atoms with Crippen LogP contribution in [-0.4, -0.2) is 4.98 Å². The summed E-state index contributed by atoms with van der Waals surface area (Å²) in [7, 11) is 0. The van der Waals surface area contributed by atoms with Gasteiger partial charge in [-0.25, -0.2) is 13.8 Å². The van der Waals surface area contributed by atoms with Gasteiger partial charge in [-0.05, 0) is 35.0 Å². The number of hydrogen-bond donors (Lipinski definition) is 0. The molecule has 0 fully saturated rings. The molecule has 5 heteroatoms. The van der Waals surface area contributed by atoms with Gasteiger partial charge in [0.25, 0.3) is 0 Å². The summed E-state index contributed by atoms with van der Waals surface area (Å²) in [5.74, 6) is -1.86. The van der Waals surface area contributed by atoms with Crippen LogP contribution in [0.5, 0.6) is 0 Å². The molecule has 0 radical (unpaired) electrons. The Labute approximate surface area is 98.2 Å². The maximum atomic E-state index is 13.4. The molecule has 0 aliphatic heterocycles. The van der Waals surface area contributed by atoms with Gasteiger partial charge in [-0.15, -0.1) is 0 Å².